The highest BCUT2D eigenvalue weighted by Gasteiger charge is 2.11. The fourth-order valence-electron chi connectivity index (χ4n) is 2.37. The van der Waals surface area contributed by atoms with Crippen molar-refractivity contribution in [3.63, 3.8) is 0 Å². The largest absolute Gasteiger partial charge is 0.481 e. The summed E-state index contributed by atoms with van der Waals surface area (Å²) in [4.78, 5) is 8.46. The maximum absolute atomic E-state index is 10.4. The van der Waals surface area contributed by atoms with Crippen LogP contribution in [0.2, 0.25) is 0 Å². The smallest absolute Gasteiger partial charge is 0.212 e. The van der Waals surface area contributed by atoms with Gasteiger partial charge < -0.3 is 9.84 Å². The lowest BCUT2D eigenvalue weighted by atomic mass is 10.00. The molecule has 4 nitrogen and oxygen atoms in total. The molecule has 0 aliphatic heterocycles. The normalized spacial score (nSPS) is 12.3. The van der Waals surface area contributed by atoms with Crippen LogP contribution in [0.25, 0.3) is 10.9 Å². The quantitative estimate of drug-likeness (QED) is 0.798. The molecule has 0 spiro atoms. The summed E-state index contributed by atoms with van der Waals surface area (Å²) in [6.07, 6.45) is 3.34. The zero-order valence-electron chi connectivity index (χ0n) is 11.7. The third-order valence-corrected chi connectivity index (χ3v) is 3.51. The summed E-state index contributed by atoms with van der Waals surface area (Å²) in [6.45, 7) is 0. The summed E-state index contributed by atoms with van der Waals surface area (Å²) >= 11 is 0. The van der Waals surface area contributed by atoms with E-state index in [1.54, 1.807) is 25.6 Å². The highest BCUT2D eigenvalue weighted by atomic mass is 16.5. The van der Waals surface area contributed by atoms with E-state index in [4.69, 9.17) is 4.74 Å². The Morgan fingerprint density at radius 1 is 1.10 bits per heavy atom. The number of aromatic nitrogens is 2. The van der Waals surface area contributed by atoms with Crippen LogP contribution in [0.3, 0.4) is 0 Å². The van der Waals surface area contributed by atoms with Crippen molar-refractivity contribution in [3.05, 3.63) is 66.0 Å². The molecule has 0 fully saturated rings. The topological polar surface area (TPSA) is 55.2 Å². The molecular weight excluding hydrogens is 264 g/mol. The Morgan fingerprint density at radius 3 is 2.71 bits per heavy atom. The number of para-hydroxylation sites is 1. The van der Waals surface area contributed by atoms with E-state index in [1.165, 1.54) is 0 Å². The Kier molecular flexibility index (Phi) is 3.79. The van der Waals surface area contributed by atoms with Crippen molar-refractivity contribution in [3.8, 4) is 5.88 Å². The van der Waals surface area contributed by atoms with Crippen molar-refractivity contribution in [2.45, 2.75) is 12.5 Å². The molecule has 4 heteroatoms. The third kappa shape index (κ3) is 2.85. The molecular formula is C17H16N2O2. The zero-order valence-corrected chi connectivity index (χ0v) is 11.7. The van der Waals surface area contributed by atoms with Crippen molar-refractivity contribution in [1.82, 2.24) is 9.97 Å². The van der Waals surface area contributed by atoms with Crippen molar-refractivity contribution >= 4 is 10.9 Å². The van der Waals surface area contributed by atoms with Gasteiger partial charge in [0.25, 0.3) is 0 Å². The lowest BCUT2D eigenvalue weighted by Gasteiger charge is -2.12. The molecule has 0 radical (unpaired) electrons. The molecule has 21 heavy (non-hydrogen) atoms. The summed E-state index contributed by atoms with van der Waals surface area (Å²) in [7, 11) is 1.57. The van der Waals surface area contributed by atoms with Gasteiger partial charge in [0.05, 0.1) is 18.7 Å². The van der Waals surface area contributed by atoms with Gasteiger partial charge in [0.1, 0.15) is 0 Å². The van der Waals surface area contributed by atoms with E-state index in [1.807, 2.05) is 36.4 Å². The molecule has 0 aliphatic rings. The third-order valence-electron chi connectivity index (χ3n) is 3.51. The van der Waals surface area contributed by atoms with E-state index in [2.05, 4.69) is 9.97 Å². The van der Waals surface area contributed by atoms with Gasteiger partial charge in [0.15, 0.2) is 0 Å². The minimum atomic E-state index is -0.603. The number of pyridine rings is 2. The average Bonchev–Trinajstić information content (AvgIpc) is 2.55. The molecule has 106 valence electrons. The SMILES string of the molecule is COc1ccc(C(O)Cc2ccnc3ccccc23)cn1. The Labute approximate surface area is 123 Å². The number of nitrogens with zero attached hydrogens (tertiary/aromatic N) is 2. The lowest BCUT2D eigenvalue weighted by molar-refractivity contribution is 0.178. The van der Waals surface area contributed by atoms with E-state index in [9.17, 15) is 5.11 Å². The highest BCUT2D eigenvalue weighted by Crippen LogP contribution is 2.23. The van der Waals surface area contributed by atoms with Gasteiger partial charge in [0, 0.05) is 30.3 Å². The number of methoxy groups -OCH3 is 1. The van der Waals surface area contributed by atoms with Crippen LogP contribution >= 0.6 is 0 Å². The first-order valence-electron chi connectivity index (χ1n) is 6.78. The van der Waals surface area contributed by atoms with E-state index in [0.717, 1.165) is 22.0 Å². The Balaban J connectivity index is 1.87. The molecule has 3 rings (SSSR count). The second kappa shape index (κ2) is 5.89. The minimum Gasteiger partial charge on any atom is -0.481 e. The van der Waals surface area contributed by atoms with Crippen LogP contribution in [0.4, 0.5) is 0 Å². The maximum atomic E-state index is 10.4. The van der Waals surface area contributed by atoms with Gasteiger partial charge in [-0.05, 0) is 29.3 Å². The van der Waals surface area contributed by atoms with E-state index in [0.29, 0.717) is 12.3 Å². The van der Waals surface area contributed by atoms with Crippen molar-refractivity contribution in [2.75, 3.05) is 7.11 Å². The number of aliphatic hydroxyl groups is 1. The molecule has 1 aromatic carbocycles. The molecule has 0 saturated heterocycles. The molecule has 3 aromatic rings. The average molecular weight is 280 g/mol. The summed E-state index contributed by atoms with van der Waals surface area (Å²) < 4.78 is 5.02. The summed E-state index contributed by atoms with van der Waals surface area (Å²) in [5.41, 5.74) is 2.79. The number of ether oxygens (including phenoxy) is 1. The van der Waals surface area contributed by atoms with Crippen LogP contribution in [0.5, 0.6) is 5.88 Å². The van der Waals surface area contributed by atoms with Crippen LogP contribution < -0.4 is 4.74 Å². The summed E-state index contributed by atoms with van der Waals surface area (Å²) in [5, 5.41) is 11.5. The first-order valence-corrected chi connectivity index (χ1v) is 6.78. The predicted octanol–water partition coefficient (Wildman–Crippen LogP) is 2.91. The summed E-state index contributed by atoms with van der Waals surface area (Å²) in [6, 6.07) is 13.5. The van der Waals surface area contributed by atoms with Crippen LogP contribution in [0.1, 0.15) is 17.2 Å². The monoisotopic (exact) mass is 280 g/mol. The zero-order chi connectivity index (χ0) is 14.7. The molecule has 0 amide bonds. The van der Waals surface area contributed by atoms with Gasteiger partial charge in [-0.1, -0.05) is 18.2 Å². The van der Waals surface area contributed by atoms with E-state index < -0.39 is 6.10 Å². The van der Waals surface area contributed by atoms with Crippen molar-refractivity contribution in [1.29, 1.82) is 0 Å². The van der Waals surface area contributed by atoms with E-state index in [-0.39, 0.29) is 0 Å². The van der Waals surface area contributed by atoms with Gasteiger partial charge in [-0.3, -0.25) is 4.98 Å². The van der Waals surface area contributed by atoms with E-state index >= 15 is 0 Å². The Bertz CT molecular complexity index is 736. The second-order valence-electron chi connectivity index (χ2n) is 4.84. The fourth-order valence-corrected chi connectivity index (χ4v) is 2.37. The van der Waals surface area contributed by atoms with Crippen molar-refractivity contribution in [2.24, 2.45) is 0 Å². The van der Waals surface area contributed by atoms with Gasteiger partial charge in [-0.15, -0.1) is 0 Å². The highest BCUT2D eigenvalue weighted by molar-refractivity contribution is 5.81. The minimum absolute atomic E-state index is 0.525. The van der Waals surface area contributed by atoms with Gasteiger partial charge in [-0.25, -0.2) is 4.98 Å². The molecule has 1 atom stereocenters. The van der Waals surface area contributed by atoms with Gasteiger partial charge in [0.2, 0.25) is 5.88 Å². The van der Waals surface area contributed by atoms with Crippen LogP contribution in [-0.2, 0) is 6.42 Å². The van der Waals surface area contributed by atoms with Crippen molar-refractivity contribution < 1.29 is 9.84 Å². The summed E-state index contributed by atoms with van der Waals surface area (Å²) in [5.74, 6) is 0.542. The standard InChI is InChI=1S/C17H16N2O2/c1-21-17-7-6-13(11-19-17)16(20)10-12-8-9-18-15-5-3-2-4-14(12)15/h2-9,11,16,20H,10H2,1H3. The van der Waals surface area contributed by atoms with Crippen LogP contribution in [0.15, 0.2) is 54.9 Å². The number of hydrogen-bond acceptors (Lipinski definition) is 4. The molecule has 0 aliphatic carbocycles. The molecule has 2 heterocycles. The fraction of sp³-hybridized carbons (Fsp3) is 0.176. The Morgan fingerprint density at radius 2 is 1.95 bits per heavy atom. The lowest BCUT2D eigenvalue weighted by Crippen LogP contribution is -2.03. The maximum Gasteiger partial charge on any atom is 0.212 e. The molecule has 1 N–H and O–H groups in total. The number of benzene rings is 1. The van der Waals surface area contributed by atoms with Crippen LogP contribution in [0, 0.1) is 0 Å². The Hall–Kier alpha value is -2.46. The number of rotatable bonds is 4. The first kappa shape index (κ1) is 13.5. The number of fused-ring (bicyclic) bond motifs is 1. The molecule has 0 saturated carbocycles. The molecule has 2 aromatic heterocycles. The predicted molar refractivity (Wildman–Crippen MR) is 81.2 cm³/mol. The number of hydrogen-bond donors (Lipinski definition) is 1. The number of aliphatic hydroxyl groups excluding tert-OH is 1. The first-order chi connectivity index (χ1) is 10.3. The van der Waals surface area contributed by atoms with Gasteiger partial charge in [-0.2, -0.15) is 0 Å². The van der Waals surface area contributed by atoms with Gasteiger partial charge >= 0.3 is 0 Å². The molecule has 1 unspecified atom stereocenters. The second-order valence-corrected chi connectivity index (χ2v) is 4.84. The van der Waals surface area contributed by atoms with Crippen LogP contribution in [-0.4, -0.2) is 22.2 Å². The molecule has 0 bridgehead atoms.